The second-order valence-corrected chi connectivity index (χ2v) is 6.58. The molecule has 2 aromatic rings. The van der Waals surface area contributed by atoms with Crippen molar-refractivity contribution in [2.75, 3.05) is 11.8 Å². The van der Waals surface area contributed by atoms with Crippen LogP contribution in [0.15, 0.2) is 22.7 Å². The van der Waals surface area contributed by atoms with Gasteiger partial charge in [0, 0.05) is 13.2 Å². The van der Waals surface area contributed by atoms with Gasteiger partial charge in [-0.15, -0.1) is 11.3 Å². The van der Waals surface area contributed by atoms with Gasteiger partial charge < -0.3 is 4.74 Å². The summed E-state index contributed by atoms with van der Waals surface area (Å²) in [5.74, 6) is -0.672. The first kappa shape index (κ1) is 14.5. The van der Waals surface area contributed by atoms with Gasteiger partial charge in [0.15, 0.2) is 0 Å². The Balaban J connectivity index is 2.44. The number of aromatic nitrogens is 2. The Morgan fingerprint density at radius 1 is 1.50 bits per heavy atom. The maximum Gasteiger partial charge on any atom is 0.349 e. The summed E-state index contributed by atoms with van der Waals surface area (Å²) in [6.07, 6.45) is 2.91. The van der Waals surface area contributed by atoms with E-state index in [0.29, 0.717) is 11.3 Å². The van der Waals surface area contributed by atoms with Crippen molar-refractivity contribution in [2.45, 2.75) is 11.8 Å². The zero-order valence-corrected chi connectivity index (χ0v) is 12.7. The smallest absolute Gasteiger partial charge is 0.349 e. The van der Waals surface area contributed by atoms with Gasteiger partial charge >= 0.3 is 5.97 Å². The molecule has 0 aromatic carbocycles. The molecule has 0 aliphatic heterocycles. The molecule has 2 heterocycles. The van der Waals surface area contributed by atoms with Gasteiger partial charge in [0.2, 0.25) is 0 Å². The van der Waals surface area contributed by atoms with E-state index in [9.17, 15) is 13.2 Å². The monoisotopic (exact) mass is 315 g/mol. The molecule has 0 radical (unpaired) electrons. The van der Waals surface area contributed by atoms with Crippen molar-refractivity contribution in [1.29, 1.82) is 0 Å². The Morgan fingerprint density at radius 3 is 2.75 bits per heavy atom. The van der Waals surface area contributed by atoms with E-state index in [1.54, 1.807) is 19.4 Å². The Kier molecular flexibility index (Phi) is 3.82. The van der Waals surface area contributed by atoms with Crippen LogP contribution in [0, 0.1) is 6.92 Å². The molecule has 0 spiro atoms. The number of carbonyl (C=O) groups excluding carboxylic acids is 1. The number of methoxy groups -OCH3 is 1. The van der Waals surface area contributed by atoms with Crippen molar-refractivity contribution in [1.82, 2.24) is 9.78 Å². The van der Waals surface area contributed by atoms with E-state index in [1.807, 2.05) is 0 Å². The lowest BCUT2D eigenvalue weighted by atomic mass is 10.3. The van der Waals surface area contributed by atoms with Crippen molar-refractivity contribution in [3.63, 3.8) is 0 Å². The van der Waals surface area contributed by atoms with Crippen molar-refractivity contribution in [3.05, 3.63) is 28.2 Å². The summed E-state index contributed by atoms with van der Waals surface area (Å²) < 4.78 is 33.2. The predicted molar refractivity (Wildman–Crippen MR) is 74.4 cm³/mol. The van der Waals surface area contributed by atoms with Gasteiger partial charge in [0.1, 0.15) is 9.77 Å². The van der Waals surface area contributed by atoms with Gasteiger partial charge in [-0.3, -0.25) is 9.40 Å². The summed E-state index contributed by atoms with van der Waals surface area (Å²) in [6.45, 7) is 1.63. The minimum atomic E-state index is -3.87. The zero-order valence-electron chi connectivity index (χ0n) is 11.1. The van der Waals surface area contributed by atoms with Crippen molar-refractivity contribution in [3.8, 4) is 0 Å². The maximum absolute atomic E-state index is 12.4. The number of aryl methyl sites for hydroxylation is 2. The number of thiophene rings is 1. The molecule has 0 saturated heterocycles. The number of nitrogens with zero attached hydrogens (tertiary/aromatic N) is 2. The van der Waals surface area contributed by atoms with Crippen LogP contribution in [0.4, 0.5) is 5.69 Å². The molecule has 2 rings (SSSR count). The first-order valence-electron chi connectivity index (χ1n) is 5.53. The fourth-order valence-corrected chi connectivity index (χ4v) is 4.42. The second kappa shape index (κ2) is 5.25. The van der Waals surface area contributed by atoms with Gasteiger partial charge in [0.05, 0.1) is 19.0 Å². The lowest BCUT2D eigenvalue weighted by molar-refractivity contribution is 0.0602. The van der Waals surface area contributed by atoms with E-state index >= 15 is 0 Å². The molecule has 0 atom stereocenters. The van der Waals surface area contributed by atoms with Crippen LogP contribution in [0.5, 0.6) is 0 Å². The maximum atomic E-state index is 12.4. The van der Waals surface area contributed by atoms with E-state index in [4.69, 9.17) is 0 Å². The number of hydrogen-bond acceptors (Lipinski definition) is 6. The van der Waals surface area contributed by atoms with Gasteiger partial charge in [-0.05, 0) is 17.9 Å². The van der Waals surface area contributed by atoms with Crippen molar-refractivity contribution < 1.29 is 17.9 Å². The average molecular weight is 315 g/mol. The third-order valence-corrected chi connectivity index (χ3v) is 5.29. The van der Waals surface area contributed by atoms with Crippen molar-refractivity contribution >= 4 is 33.0 Å². The molecule has 0 amide bonds. The number of esters is 1. The molecule has 0 unspecified atom stereocenters. The highest BCUT2D eigenvalue weighted by atomic mass is 32.2. The number of hydrogen-bond donors (Lipinski definition) is 1. The zero-order chi connectivity index (χ0) is 14.9. The Hall–Kier alpha value is -1.87. The van der Waals surface area contributed by atoms with Gasteiger partial charge in [-0.1, -0.05) is 0 Å². The van der Waals surface area contributed by atoms with Gasteiger partial charge in [-0.2, -0.15) is 5.10 Å². The molecule has 0 aliphatic carbocycles. The molecule has 7 nitrogen and oxygen atoms in total. The molecule has 108 valence electrons. The molecular weight excluding hydrogens is 302 g/mol. The minimum absolute atomic E-state index is 0.0568. The topological polar surface area (TPSA) is 90.3 Å². The van der Waals surface area contributed by atoms with Crippen LogP contribution < -0.4 is 4.72 Å². The third-order valence-electron chi connectivity index (χ3n) is 2.51. The summed E-state index contributed by atoms with van der Waals surface area (Å²) in [7, 11) is -0.982. The van der Waals surface area contributed by atoms with E-state index in [1.165, 1.54) is 24.2 Å². The third kappa shape index (κ3) is 2.68. The largest absolute Gasteiger partial charge is 0.465 e. The Labute approximate surface area is 120 Å². The molecule has 2 aromatic heterocycles. The quantitative estimate of drug-likeness (QED) is 0.861. The number of anilines is 1. The molecular formula is C11H13N3O4S2. The van der Waals surface area contributed by atoms with E-state index in [2.05, 4.69) is 14.6 Å². The lowest BCUT2D eigenvalue weighted by Gasteiger charge is -2.07. The van der Waals surface area contributed by atoms with E-state index in [0.717, 1.165) is 11.3 Å². The van der Waals surface area contributed by atoms with Gasteiger partial charge in [-0.25, -0.2) is 13.2 Å². The summed E-state index contributed by atoms with van der Waals surface area (Å²) in [6, 6.07) is 0. The molecule has 0 saturated carbocycles. The highest BCUT2D eigenvalue weighted by Crippen LogP contribution is 2.29. The number of rotatable bonds is 4. The minimum Gasteiger partial charge on any atom is -0.465 e. The summed E-state index contributed by atoms with van der Waals surface area (Å²) in [5.41, 5.74) is 0.820. The number of nitrogens with one attached hydrogen (secondary N) is 1. The number of ether oxygens (including phenoxy) is 1. The van der Waals surface area contributed by atoms with Crippen LogP contribution in [0.3, 0.4) is 0 Å². The normalized spacial score (nSPS) is 11.3. The van der Waals surface area contributed by atoms with Gasteiger partial charge in [0.25, 0.3) is 10.0 Å². The molecule has 0 bridgehead atoms. The van der Waals surface area contributed by atoms with Crippen LogP contribution in [-0.2, 0) is 21.8 Å². The highest BCUT2D eigenvalue weighted by Gasteiger charge is 2.27. The summed E-state index contributed by atoms with van der Waals surface area (Å²) in [5, 5.41) is 5.48. The molecule has 0 fully saturated rings. The first-order chi connectivity index (χ1) is 9.35. The standard InChI is InChI=1S/C11H13N3O4S2/c1-7-6-19-9(11(15)18-3)10(7)20(16,17)13-8-4-12-14(2)5-8/h4-6,13H,1-3H3. The second-order valence-electron chi connectivity index (χ2n) is 4.08. The van der Waals surface area contributed by atoms with Crippen molar-refractivity contribution in [2.24, 2.45) is 7.05 Å². The van der Waals surface area contributed by atoms with Crippen LogP contribution in [0.1, 0.15) is 15.2 Å². The number of carbonyl (C=O) groups is 1. The fraction of sp³-hybridized carbons (Fsp3) is 0.273. The molecule has 20 heavy (non-hydrogen) atoms. The van der Waals surface area contributed by atoms with E-state index < -0.39 is 16.0 Å². The van der Waals surface area contributed by atoms with Crippen LogP contribution in [0.25, 0.3) is 0 Å². The van der Waals surface area contributed by atoms with Crippen LogP contribution >= 0.6 is 11.3 Å². The summed E-state index contributed by atoms with van der Waals surface area (Å²) in [4.78, 5) is 11.6. The van der Waals surface area contributed by atoms with Crippen LogP contribution in [-0.4, -0.2) is 31.3 Å². The van der Waals surface area contributed by atoms with Crippen LogP contribution in [0.2, 0.25) is 0 Å². The molecule has 9 heteroatoms. The fourth-order valence-electron chi connectivity index (χ4n) is 1.68. The Morgan fingerprint density at radius 2 is 2.20 bits per heavy atom. The SMILES string of the molecule is COC(=O)c1scc(C)c1S(=O)(=O)Nc1cnn(C)c1. The molecule has 0 aliphatic rings. The van der Waals surface area contributed by atoms with E-state index in [-0.39, 0.29) is 9.77 Å². The highest BCUT2D eigenvalue weighted by molar-refractivity contribution is 7.93. The first-order valence-corrected chi connectivity index (χ1v) is 7.89. The molecule has 1 N–H and O–H groups in total. The average Bonchev–Trinajstić information content (AvgIpc) is 2.94. The number of sulfonamides is 1. The Bertz CT molecular complexity index is 746. The predicted octanol–water partition coefficient (Wildman–Crippen LogP) is 1.38. The summed E-state index contributed by atoms with van der Waals surface area (Å²) >= 11 is 1.04. The lowest BCUT2D eigenvalue weighted by Crippen LogP contribution is -2.16.